The molecule has 1 aliphatic carbocycles. The lowest BCUT2D eigenvalue weighted by atomic mass is 9.92. The Morgan fingerprint density at radius 2 is 2.04 bits per heavy atom. The zero-order chi connectivity index (χ0) is 15.9. The first-order valence-electron chi connectivity index (χ1n) is 8.56. The molecule has 4 rings (SSSR count). The molecule has 1 saturated carbocycles. The summed E-state index contributed by atoms with van der Waals surface area (Å²) in [7, 11) is 0. The second kappa shape index (κ2) is 5.64. The maximum atomic E-state index is 12.4. The molecule has 122 valence electrons. The largest absolute Gasteiger partial charge is 0.347 e. The van der Waals surface area contributed by atoms with Gasteiger partial charge >= 0.3 is 0 Å². The van der Waals surface area contributed by atoms with E-state index in [-0.39, 0.29) is 29.7 Å². The Balaban J connectivity index is 1.32. The van der Waals surface area contributed by atoms with E-state index in [1.807, 2.05) is 18.2 Å². The van der Waals surface area contributed by atoms with Crippen LogP contribution in [0, 0.1) is 11.3 Å². The van der Waals surface area contributed by atoms with Crippen LogP contribution in [0.2, 0.25) is 0 Å². The number of para-hydroxylation sites is 1. The van der Waals surface area contributed by atoms with Crippen molar-refractivity contribution >= 4 is 17.5 Å². The van der Waals surface area contributed by atoms with Gasteiger partial charge in [0, 0.05) is 18.2 Å². The van der Waals surface area contributed by atoms with Crippen molar-refractivity contribution in [3.63, 3.8) is 0 Å². The third-order valence-corrected chi connectivity index (χ3v) is 5.71. The lowest BCUT2D eigenvalue weighted by Crippen LogP contribution is -2.41. The minimum absolute atomic E-state index is 0.0108. The van der Waals surface area contributed by atoms with Crippen molar-refractivity contribution in [2.24, 2.45) is 11.3 Å². The SMILES string of the molecule is O=C(NCC(=O)N1CCc2ccccc21)C1CC12CCNCC2. The molecule has 1 aromatic rings. The Kier molecular flexibility index (Phi) is 3.60. The Labute approximate surface area is 136 Å². The van der Waals surface area contributed by atoms with Gasteiger partial charge in [0.1, 0.15) is 0 Å². The van der Waals surface area contributed by atoms with Gasteiger partial charge in [0.15, 0.2) is 0 Å². The summed E-state index contributed by atoms with van der Waals surface area (Å²) >= 11 is 0. The van der Waals surface area contributed by atoms with E-state index in [1.165, 1.54) is 5.56 Å². The molecule has 3 aliphatic rings. The molecule has 2 amide bonds. The Bertz CT molecular complexity index is 637. The maximum Gasteiger partial charge on any atom is 0.246 e. The highest BCUT2D eigenvalue weighted by Gasteiger charge is 2.57. The average Bonchev–Trinajstić information content (AvgIpc) is 3.09. The number of carbonyl (C=O) groups is 2. The standard InChI is InChI=1S/C18H23N3O2/c22-16(21-10-5-13-3-1-2-4-15(13)21)12-20-17(23)14-11-18(14)6-8-19-9-7-18/h1-4,14,19H,5-12H2,(H,20,23). The minimum atomic E-state index is -0.0108. The number of nitrogens with zero attached hydrogens (tertiary/aromatic N) is 1. The van der Waals surface area contributed by atoms with Crippen molar-refractivity contribution < 1.29 is 9.59 Å². The fourth-order valence-corrected chi connectivity index (χ4v) is 4.17. The number of hydrogen-bond acceptors (Lipinski definition) is 3. The van der Waals surface area contributed by atoms with Gasteiger partial charge in [-0.15, -0.1) is 0 Å². The fourth-order valence-electron chi connectivity index (χ4n) is 4.17. The molecule has 2 aliphatic heterocycles. The summed E-state index contributed by atoms with van der Waals surface area (Å²) in [5.74, 6) is 0.166. The smallest absolute Gasteiger partial charge is 0.246 e. The molecule has 2 fully saturated rings. The molecule has 5 nitrogen and oxygen atoms in total. The first-order valence-corrected chi connectivity index (χ1v) is 8.56. The number of fused-ring (bicyclic) bond motifs is 1. The van der Waals surface area contributed by atoms with Crippen LogP contribution in [-0.2, 0) is 16.0 Å². The molecule has 5 heteroatoms. The van der Waals surface area contributed by atoms with Gasteiger partial charge in [-0.2, -0.15) is 0 Å². The van der Waals surface area contributed by atoms with Crippen molar-refractivity contribution in [1.29, 1.82) is 0 Å². The van der Waals surface area contributed by atoms with Crippen LogP contribution in [0.3, 0.4) is 0 Å². The molecule has 1 spiro atoms. The molecule has 1 aromatic carbocycles. The van der Waals surface area contributed by atoms with Crippen LogP contribution in [0.25, 0.3) is 0 Å². The zero-order valence-electron chi connectivity index (χ0n) is 13.3. The third-order valence-electron chi connectivity index (χ3n) is 5.71. The first kappa shape index (κ1) is 14.7. The number of benzene rings is 1. The number of carbonyl (C=O) groups excluding carboxylic acids is 2. The Morgan fingerprint density at radius 1 is 1.26 bits per heavy atom. The van der Waals surface area contributed by atoms with Gasteiger partial charge in [0.25, 0.3) is 0 Å². The highest BCUT2D eigenvalue weighted by molar-refractivity contribution is 5.98. The van der Waals surface area contributed by atoms with Gasteiger partial charge in [-0.3, -0.25) is 9.59 Å². The summed E-state index contributed by atoms with van der Waals surface area (Å²) in [6, 6.07) is 7.99. The van der Waals surface area contributed by atoms with Crippen LogP contribution in [0.15, 0.2) is 24.3 Å². The van der Waals surface area contributed by atoms with Crippen molar-refractivity contribution in [1.82, 2.24) is 10.6 Å². The van der Waals surface area contributed by atoms with Crippen molar-refractivity contribution in [2.75, 3.05) is 31.1 Å². The van der Waals surface area contributed by atoms with Gasteiger partial charge in [0.2, 0.25) is 11.8 Å². The van der Waals surface area contributed by atoms with Crippen molar-refractivity contribution in [3.05, 3.63) is 29.8 Å². The summed E-state index contributed by atoms with van der Waals surface area (Å²) in [5.41, 5.74) is 2.43. The van der Waals surface area contributed by atoms with Crippen LogP contribution in [0.5, 0.6) is 0 Å². The summed E-state index contributed by atoms with van der Waals surface area (Å²) in [5, 5.41) is 6.22. The van der Waals surface area contributed by atoms with E-state index in [4.69, 9.17) is 0 Å². The topological polar surface area (TPSA) is 61.4 Å². The molecule has 1 saturated heterocycles. The van der Waals surface area contributed by atoms with E-state index in [9.17, 15) is 9.59 Å². The zero-order valence-corrected chi connectivity index (χ0v) is 13.3. The van der Waals surface area contributed by atoms with E-state index in [2.05, 4.69) is 16.7 Å². The second-order valence-corrected chi connectivity index (χ2v) is 7.01. The average molecular weight is 313 g/mol. The van der Waals surface area contributed by atoms with Crippen LogP contribution in [-0.4, -0.2) is 38.0 Å². The third kappa shape index (κ3) is 2.63. The number of hydrogen-bond donors (Lipinski definition) is 2. The highest BCUT2D eigenvalue weighted by atomic mass is 16.2. The molecule has 2 heterocycles. The molecule has 1 atom stereocenters. The van der Waals surface area contributed by atoms with Gasteiger partial charge in [0.05, 0.1) is 6.54 Å². The Morgan fingerprint density at radius 3 is 2.87 bits per heavy atom. The molecule has 0 radical (unpaired) electrons. The van der Waals surface area contributed by atoms with Crippen LogP contribution in [0.4, 0.5) is 5.69 Å². The number of rotatable bonds is 3. The second-order valence-electron chi connectivity index (χ2n) is 7.01. The number of anilines is 1. The summed E-state index contributed by atoms with van der Waals surface area (Å²) in [6.45, 7) is 2.84. The molecule has 0 bridgehead atoms. The predicted molar refractivity (Wildman–Crippen MR) is 88.2 cm³/mol. The van der Waals surface area contributed by atoms with E-state index < -0.39 is 0 Å². The fraction of sp³-hybridized carbons (Fsp3) is 0.556. The maximum absolute atomic E-state index is 12.4. The highest BCUT2D eigenvalue weighted by Crippen LogP contribution is 2.58. The van der Waals surface area contributed by atoms with Gasteiger partial charge in [-0.1, -0.05) is 18.2 Å². The summed E-state index contributed by atoms with van der Waals surface area (Å²) < 4.78 is 0. The Hall–Kier alpha value is -1.88. The lowest BCUT2D eigenvalue weighted by Gasteiger charge is -2.23. The van der Waals surface area contributed by atoms with Gasteiger partial charge < -0.3 is 15.5 Å². The van der Waals surface area contributed by atoms with Gasteiger partial charge in [-0.25, -0.2) is 0 Å². The molecular weight excluding hydrogens is 290 g/mol. The molecular formula is C18H23N3O2. The lowest BCUT2D eigenvalue weighted by molar-refractivity contribution is -0.126. The summed E-state index contributed by atoms with van der Waals surface area (Å²) in [6.07, 6.45) is 4.05. The van der Waals surface area contributed by atoms with E-state index in [1.54, 1.807) is 4.90 Å². The number of amides is 2. The molecule has 2 N–H and O–H groups in total. The van der Waals surface area contributed by atoms with E-state index in [0.29, 0.717) is 6.54 Å². The molecule has 0 aromatic heterocycles. The minimum Gasteiger partial charge on any atom is -0.347 e. The van der Waals surface area contributed by atoms with Crippen LogP contribution < -0.4 is 15.5 Å². The number of nitrogens with one attached hydrogen (secondary N) is 2. The summed E-state index contributed by atoms with van der Waals surface area (Å²) in [4.78, 5) is 26.6. The molecule has 1 unspecified atom stereocenters. The van der Waals surface area contributed by atoms with E-state index >= 15 is 0 Å². The van der Waals surface area contributed by atoms with Crippen molar-refractivity contribution in [3.8, 4) is 0 Å². The predicted octanol–water partition coefficient (Wildman–Crippen LogP) is 1.08. The quantitative estimate of drug-likeness (QED) is 0.878. The van der Waals surface area contributed by atoms with Crippen LogP contribution >= 0.6 is 0 Å². The van der Waals surface area contributed by atoms with Gasteiger partial charge in [-0.05, 0) is 55.8 Å². The first-order chi connectivity index (χ1) is 11.2. The normalized spacial score (nSPS) is 24.3. The monoisotopic (exact) mass is 313 g/mol. The number of piperidine rings is 1. The van der Waals surface area contributed by atoms with Crippen molar-refractivity contribution in [2.45, 2.75) is 25.7 Å². The molecule has 23 heavy (non-hydrogen) atoms. The van der Waals surface area contributed by atoms with E-state index in [0.717, 1.165) is 44.5 Å². The van der Waals surface area contributed by atoms with Crippen LogP contribution in [0.1, 0.15) is 24.8 Å².